The Morgan fingerprint density at radius 3 is 2.86 bits per heavy atom. The van der Waals surface area contributed by atoms with Gasteiger partial charge in [-0.1, -0.05) is 18.9 Å². The van der Waals surface area contributed by atoms with Crippen LogP contribution in [0.4, 0.5) is 0 Å². The fourth-order valence-electron chi connectivity index (χ4n) is 3.93. The molecule has 1 atom stereocenters. The molecule has 148 valence electrons. The quantitative estimate of drug-likeness (QED) is 0.546. The first kappa shape index (κ1) is 19.0. The van der Waals surface area contributed by atoms with E-state index in [1.165, 1.54) is 19.3 Å². The van der Waals surface area contributed by atoms with E-state index in [1.807, 2.05) is 24.3 Å². The Bertz CT molecular complexity index is 891. The van der Waals surface area contributed by atoms with Crippen molar-refractivity contribution >= 4 is 11.3 Å². The van der Waals surface area contributed by atoms with Gasteiger partial charge in [0.15, 0.2) is 11.5 Å². The Morgan fingerprint density at radius 1 is 1.14 bits per heavy atom. The van der Waals surface area contributed by atoms with Crippen LogP contribution in [-0.2, 0) is 6.54 Å². The first-order valence-corrected chi connectivity index (χ1v) is 10.6. The molecule has 0 saturated carbocycles. The lowest BCUT2D eigenvalue weighted by atomic mass is 10.1. The Morgan fingerprint density at radius 2 is 2.07 bits per heavy atom. The molecule has 28 heavy (non-hydrogen) atoms. The van der Waals surface area contributed by atoms with Crippen LogP contribution in [0.15, 0.2) is 46.4 Å². The molecular formula is C22H26N2O3S. The predicted octanol–water partition coefficient (Wildman–Crippen LogP) is 5.54. The summed E-state index contributed by atoms with van der Waals surface area (Å²) < 4.78 is 16.7. The van der Waals surface area contributed by atoms with Crippen molar-refractivity contribution in [3.63, 3.8) is 0 Å². The van der Waals surface area contributed by atoms with Gasteiger partial charge in [-0.25, -0.2) is 4.98 Å². The van der Waals surface area contributed by atoms with E-state index in [-0.39, 0.29) is 0 Å². The van der Waals surface area contributed by atoms with Crippen LogP contribution in [0.5, 0.6) is 11.5 Å². The average Bonchev–Trinajstić information content (AvgIpc) is 3.37. The van der Waals surface area contributed by atoms with E-state index in [4.69, 9.17) is 18.9 Å². The molecule has 1 saturated heterocycles. The number of hydrogen-bond donors (Lipinski definition) is 0. The number of aromatic nitrogens is 1. The van der Waals surface area contributed by atoms with Crippen molar-refractivity contribution in [2.45, 2.75) is 38.3 Å². The van der Waals surface area contributed by atoms with Gasteiger partial charge < -0.3 is 13.9 Å². The lowest BCUT2D eigenvalue weighted by Crippen LogP contribution is -2.28. The van der Waals surface area contributed by atoms with E-state index in [2.05, 4.69) is 16.3 Å². The molecule has 0 aliphatic carbocycles. The number of methoxy groups -OCH3 is 2. The third-order valence-corrected chi connectivity index (χ3v) is 6.21. The molecule has 2 aromatic heterocycles. The molecule has 0 N–H and O–H groups in total. The molecule has 3 aromatic rings. The van der Waals surface area contributed by atoms with Gasteiger partial charge in [-0.15, -0.1) is 11.3 Å². The molecule has 6 heteroatoms. The van der Waals surface area contributed by atoms with Crippen LogP contribution in [-0.4, -0.2) is 30.6 Å². The molecule has 5 nitrogen and oxygen atoms in total. The third kappa shape index (κ3) is 3.93. The van der Waals surface area contributed by atoms with E-state index < -0.39 is 0 Å². The summed E-state index contributed by atoms with van der Waals surface area (Å²) in [5, 5.41) is 3.10. The van der Waals surface area contributed by atoms with E-state index in [1.54, 1.807) is 31.8 Å². The van der Waals surface area contributed by atoms with Crippen molar-refractivity contribution in [1.29, 1.82) is 0 Å². The van der Waals surface area contributed by atoms with Crippen LogP contribution in [0, 0.1) is 0 Å². The van der Waals surface area contributed by atoms with Crippen molar-refractivity contribution in [2.75, 3.05) is 20.8 Å². The van der Waals surface area contributed by atoms with E-state index >= 15 is 0 Å². The first-order valence-electron chi connectivity index (χ1n) is 9.73. The molecule has 0 radical (unpaired) electrons. The molecule has 0 bridgehead atoms. The lowest BCUT2D eigenvalue weighted by Gasteiger charge is -2.27. The summed E-state index contributed by atoms with van der Waals surface area (Å²) in [6.07, 6.45) is 6.64. The molecule has 4 rings (SSSR count). The highest BCUT2D eigenvalue weighted by atomic mass is 32.1. The lowest BCUT2D eigenvalue weighted by molar-refractivity contribution is 0.168. The zero-order valence-corrected chi connectivity index (χ0v) is 17.2. The highest BCUT2D eigenvalue weighted by Crippen LogP contribution is 2.39. The fourth-order valence-corrected chi connectivity index (χ4v) is 4.76. The Labute approximate surface area is 169 Å². The van der Waals surface area contributed by atoms with Crippen LogP contribution >= 0.6 is 11.3 Å². The van der Waals surface area contributed by atoms with Gasteiger partial charge in [0.2, 0.25) is 0 Å². The zero-order chi connectivity index (χ0) is 19.3. The predicted molar refractivity (Wildman–Crippen MR) is 111 cm³/mol. The standard InChI is InChI=1S/C22H26N2O3S/c1-25-20-10-6-8-17(21(20)26-2)22-23-16(15-28-22)14-24-12-5-3-4-9-18(24)19-11-7-13-27-19/h6-8,10-11,13,15,18H,3-5,9,12,14H2,1-2H3. The minimum absolute atomic E-state index is 0.328. The molecule has 3 heterocycles. The summed E-state index contributed by atoms with van der Waals surface area (Å²) in [4.78, 5) is 7.42. The van der Waals surface area contributed by atoms with Crippen LogP contribution in [0.2, 0.25) is 0 Å². The summed E-state index contributed by atoms with van der Waals surface area (Å²) >= 11 is 1.65. The topological polar surface area (TPSA) is 47.7 Å². The first-order chi connectivity index (χ1) is 13.8. The normalized spacial score (nSPS) is 18.0. The summed E-state index contributed by atoms with van der Waals surface area (Å²) in [6, 6.07) is 10.3. The molecule has 1 aliphatic heterocycles. The highest BCUT2D eigenvalue weighted by molar-refractivity contribution is 7.13. The minimum Gasteiger partial charge on any atom is -0.493 e. The van der Waals surface area contributed by atoms with Crippen molar-refractivity contribution in [2.24, 2.45) is 0 Å². The maximum absolute atomic E-state index is 5.74. The highest BCUT2D eigenvalue weighted by Gasteiger charge is 2.25. The Balaban J connectivity index is 1.57. The summed E-state index contributed by atoms with van der Waals surface area (Å²) in [5.74, 6) is 2.52. The fraction of sp³-hybridized carbons (Fsp3) is 0.409. The zero-order valence-electron chi connectivity index (χ0n) is 16.4. The van der Waals surface area contributed by atoms with Crippen molar-refractivity contribution < 1.29 is 13.9 Å². The molecule has 1 unspecified atom stereocenters. The van der Waals surface area contributed by atoms with Gasteiger partial charge in [0.05, 0.1) is 37.8 Å². The van der Waals surface area contributed by atoms with Crippen LogP contribution in [0.3, 0.4) is 0 Å². The number of furan rings is 1. The van der Waals surface area contributed by atoms with Crippen molar-refractivity contribution in [3.05, 3.63) is 53.4 Å². The number of ether oxygens (including phenoxy) is 2. The number of rotatable bonds is 6. The largest absolute Gasteiger partial charge is 0.493 e. The average molecular weight is 399 g/mol. The minimum atomic E-state index is 0.328. The number of para-hydroxylation sites is 1. The van der Waals surface area contributed by atoms with E-state index in [0.717, 1.165) is 53.0 Å². The smallest absolute Gasteiger partial charge is 0.170 e. The van der Waals surface area contributed by atoms with E-state index in [0.29, 0.717) is 6.04 Å². The van der Waals surface area contributed by atoms with Crippen molar-refractivity contribution in [1.82, 2.24) is 9.88 Å². The van der Waals surface area contributed by atoms with Crippen LogP contribution < -0.4 is 9.47 Å². The molecular weight excluding hydrogens is 372 g/mol. The molecule has 1 aliphatic rings. The second-order valence-electron chi connectivity index (χ2n) is 7.04. The number of likely N-dealkylation sites (tertiary alicyclic amines) is 1. The summed E-state index contributed by atoms with van der Waals surface area (Å²) in [6.45, 7) is 1.90. The molecule has 0 amide bonds. The third-order valence-electron chi connectivity index (χ3n) is 5.29. The van der Waals surface area contributed by atoms with Crippen LogP contribution in [0.1, 0.15) is 43.2 Å². The number of benzene rings is 1. The monoisotopic (exact) mass is 398 g/mol. The molecule has 0 spiro atoms. The molecule has 1 fully saturated rings. The Hall–Kier alpha value is -2.31. The second kappa shape index (κ2) is 8.80. The van der Waals surface area contributed by atoms with Gasteiger partial charge in [-0.3, -0.25) is 4.90 Å². The summed E-state index contributed by atoms with van der Waals surface area (Å²) in [5.41, 5.74) is 2.06. The van der Waals surface area contributed by atoms with E-state index in [9.17, 15) is 0 Å². The SMILES string of the molecule is COc1cccc(-c2nc(CN3CCCCCC3c3ccco3)cs2)c1OC. The second-order valence-corrected chi connectivity index (χ2v) is 7.89. The van der Waals surface area contributed by atoms with Gasteiger partial charge in [0, 0.05) is 11.9 Å². The van der Waals surface area contributed by atoms with Gasteiger partial charge in [-0.05, 0) is 43.7 Å². The number of hydrogen-bond acceptors (Lipinski definition) is 6. The number of nitrogens with zero attached hydrogens (tertiary/aromatic N) is 2. The van der Waals surface area contributed by atoms with Gasteiger partial charge in [-0.2, -0.15) is 0 Å². The van der Waals surface area contributed by atoms with Crippen LogP contribution in [0.25, 0.3) is 10.6 Å². The maximum Gasteiger partial charge on any atom is 0.170 e. The summed E-state index contributed by atoms with van der Waals surface area (Å²) in [7, 11) is 3.32. The molecule has 1 aromatic carbocycles. The Kier molecular flexibility index (Phi) is 5.98. The van der Waals surface area contributed by atoms with Gasteiger partial charge in [0.25, 0.3) is 0 Å². The number of thiazole rings is 1. The maximum atomic E-state index is 5.74. The van der Waals surface area contributed by atoms with Gasteiger partial charge in [0.1, 0.15) is 10.8 Å². The van der Waals surface area contributed by atoms with Gasteiger partial charge >= 0.3 is 0 Å². The van der Waals surface area contributed by atoms with Crippen molar-refractivity contribution in [3.8, 4) is 22.1 Å².